The number of tetrazole rings is 1. The number of hydrogen-bond donors (Lipinski definition) is 1. The summed E-state index contributed by atoms with van der Waals surface area (Å²) in [5.41, 5.74) is 0.422. The van der Waals surface area contributed by atoms with Crippen LogP contribution in [-0.2, 0) is 6.54 Å². The van der Waals surface area contributed by atoms with Crippen LogP contribution in [0.2, 0.25) is 0 Å². The van der Waals surface area contributed by atoms with Crippen LogP contribution in [0.3, 0.4) is 0 Å². The van der Waals surface area contributed by atoms with Crippen LogP contribution in [0.1, 0.15) is 51.4 Å². The quantitative estimate of drug-likeness (QED) is 0.844. The number of nitrogens with zero attached hydrogens (tertiary/aromatic N) is 4. The number of aromatic nitrogens is 4. The van der Waals surface area contributed by atoms with E-state index in [-0.39, 0.29) is 0 Å². The Kier molecular flexibility index (Phi) is 3.23. The summed E-state index contributed by atoms with van der Waals surface area (Å²) in [6.07, 6.45) is 4.96. The Balaban J connectivity index is 2.13. The van der Waals surface area contributed by atoms with Crippen LogP contribution in [0.4, 0.5) is 0 Å². The molecule has 0 spiro atoms. The zero-order valence-corrected chi connectivity index (χ0v) is 10.4. The van der Waals surface area contributed by atoms with Crippen LogP contribution in [-0.4, -0.2) is 27.3 Å². The van der Waals surface area contributed by atoms with Gasteiger partial charge in [-0.25, -0.2) is 4.68 Å². The average molecular weight is 223 g/mol. The Morgan fingerprint density at radius 1 is 1.50 bits per heavy atom. The van der Waals surface area contributed by atoms with E-state index in [1.54, 1.807) is 0 Å². The third-order valence-corrected chi connectivity index (χ3v) is 3.42. The molecule has 5 nitrogen and oxygen atoms in total. The molecule has 0 saturated heterocycles. The largest absolute Gasteiger partial charge is 0.313 e. The van der Waals surface area contributed by atoms with Gasteiger partial charge in [-0.05, 0) is 42.2 Å². The minimum Gasteiger partial charge on any atom is -0.313 e. The second-order valence-corrected chi connectivity index (χ2v) is 5.48. The molecule has 1 unspecified atom stereocenters. The first-order valence-electron chi connectivity index (χ1n) is 6.04. The molecule has 1 N–H and O–H groups in total. The van der Waals surface area contributed by atoms with Gasteiger partial charge in [0, 0.05) is 0 Å². The first-order chi connectivity index (χ1) is 7.62. The summed E-state index contributed by atoms with van der Waals surface area (Å²) in [6, 6.07) is 0.474. The molecule has 0 aromatic carbocycles. The van der Waals surface area contributed by atoms with E-state index in [0.717, 1.165) is 12.4 Å². The van der Waals surface area contributed by atoms with Gasteiger partial charge in [0.1, 0.15) is 0 Å². The highest BCUT2D eigenvalue weighted by atomic mass is 15.6. The summed E-state index contributed by atoms with van der Waals surface area (Å²) in [5.74, 6) is 0.949. The van der Waals surface area contributed by atoms with Crippen molar-refractivity contribution in [2.24, 2.45) is 5.41 Å². The fraction of sp³-hybridized carbons (Fsp3) is 0.909. The molecular formula is C11H21N5. The van der Waals surface area contributed by atoms with Crippen molar-refractivity contribution in [2.45, 2.75) is 52.1 Å². The maximum Gasteiger partial charge on any atom is 0.165 e. The van der Waals surface area contributed by atoms with Crippen molar-refractivity contribution in [3.05, 3.63) is 5.82 Å². The monoisotopic (exact) mass is 223 g/mol. The zero-order valence-electron chi connectivity index (χ0n) is 10.4. The van der Waals surface area contributed by atoms with E-state index in [2.05, 4.69) is 34.7 Å². The molecular weight excluding hydrogens is 202 g/mol. The molecule has 16 heavy (non-hydrogen) atoms. The van der Waals surface area contributed by atoms with Gasteiger partial charge in [0.05, 0.1) is 12.6 Å². The fourth-order valence-corrected chi connectivity index (χ4v) is 2.64. The molecule has 90 valence electrons. The summed E-state index contributed by atoms with van der Waals surface area (Å²) >= 11 is 0. The van der Waals surface area contributed by atoms with Crippen molar-refractivity contribution < 1.29 is 0 Å². The predicted molar refractivity (Wildman–Crippen MR) is 61.9 cm³/mol. The standard InChI is InChI=1S/C11H21N5/c1-11(2)6-4-5-9(7-11)16-10(8-12-3)13-14-15-16/h9,12H,4-8H2,1-3H3. The topological polar surface area (TPSA) is 55.6 Å². The Labute approximate surface area is 96.6 Å². The maximum atomic E-state index is 4.14. The molecule has 0 radical (unpaired) electrons. The van der Waals surface area contributed by atoms with Crippen LogP contribution in [0.15, 0.2) is 0 Å². The van der Waals surface area contributed by atoms with Gasteiger partial charge in [-0.1, -0.05) is 20.3 Å². The van der Waals surface area contributed by atoms with E-state index in [4.69, 9.17) is 0 Å². The first-order valence-corrected chi connectivity index (χ1v) is 6.04. The van der Waals surface area contributed by atoms with E-state index >= 15 is 0 Å². The van der Waals surface area contributed by atoms with Crippen molar-refractivity contribution in [3.8, 4) is 0 Å². The molecule has 1 heterocycles. The van der Waals surface area contributed by atoms with E-state index in [1.165, 1.54) is 25.7 Å². The number of rotatable bonds is 3. The van der Waals surface area contributed by atoms with Crippen molar-refractivity contribution in [1.29, 1.82) is 0 Å². The van der Waals surface area contributed by atoms with Gasteiger partial charge in [0.15, 0.2) is 5.82 Å². The highest BCUT2D eigenvalue weighted by Crippen LogP contribution is 2.40. The SMILES string of the molecule is CNCc1nnnn1C1CCCC(C)(C)C1. The third-order valence-electron chi connectivity index (χ3n) is 3.42. The van der Waals surface area contributed by atoms with Crippen molar-refractivity contribution >= 4 is 0 Å². The molecule has 1 aromatic rings. The van der Waals surface area contributed by atoms with E-state index in [1.807, 2.05) is 11.7 Å². The summed E-state index contributed by atoms with van der Waals surface area (Å²) in [4.78, 5) is 0. The molecule has 0 amide bonds. The Hall–Kier alpha value is -0.970. The second-order valence-electron chi connectivity index (χ2n) is 5.48. The van der Waals surface area contributed by atoms with Crippen LogP contribution < -0.4 is 5.32 Å². The minimum absolute atomic E-state index is 0.422. The molecule has 0 bridgehead atoms. The zero-order chi connectivity index (χ0) is 11.6. The number of nitrogens with one attached hydrogen (secondary N) is 1. The fourth-order valence-electron chi connectivity index (χ4n) is 2.64. The predicted octanol–water partition coefficient (Wildman–Crippen LogP) is 1.53. The molecule has 1 fully saturated rings. The van der Waals surface area contributed by atoms with Gasteiger partial charge in [-0.15, -0.1) is 5.10 Å². The lowest BCUT2D eigenvalue weighted by Gasteiger charge is -2.35. The van der Waals surface area contributed by atoms with Gasteiger partial charge in [-0.3, -0.25) is 0 Å². The lowest BCUT2D eigenvalue weighted by atomic mass is 9.75. The Bertz CT molecular complexity index is 344. The van der Waals surface area contributed by atoms with E-state index < -0.39 is 0 Å². The molecule has 1 saturated carbocycles. The van der Waals surface area contributed by atoms with Crippen molar-refractivity contribution in [3.63, 3.8) is 0 Å². The third kappa shape index (κ3) is 2.40. The molecule has 1 aliphatic carbocycles. The molecule has 5 heteroatoms. The molecule has 1 aromatic heterocycles. The summed E-state index contributed by atoms with van der Waals surface area (Å²) in [7, 11) is 1.92. The molecule has 0 aliphatic heterocycles. The van der Waals surface area contributed by atoms with Gasteiger partial charge in [0.25, 0.3) is 0 Å². The van der Waals surface area contributed by atoms with E-state index in [0.29, 0.717) is 11.5 Å². The maximum absolute atomic E-state index is 4.14. The molecule has 2 rings (SSSR count). The van der Waals surface area contributed by atoms with Gasteiger partial charge in [-0.2, -0.15) is 0 Å². The Morgan fingerprint density at radius 3 is 3.00 bits per heavy atom. The summed E-state index contributed by atoms with van der Waals surface area (Å²) < 4.78 is 2.01. The van der Waals surface area contributed by atoms with Crippen LogP contribution in [0.25, 0.3) is 0 Å². The van der Waals surface area contributed by atoms with Gasteiger partial charge in [0.2, 0.25) is 0 Å². The highest BCUT2D eigenvalue weighted by Gasteiger charge is 2.30. The van der Waals surface area contributed by atoms with Crippen LogP contribution in [0, 0.1) is 5.41 Å². The summed E-state index contributed by atoms with van der Waals surface area (Å²) in [5, 5.41) is 15.1. The second kappa shape index (κ2) is 4.49. The van der Waals surface area contributed by atoms with Gasteiger partial charge < -0.3 is 5.32 Å². The van der Waals surface area contributed by atoms with Crippen molar-refractivity contribution in [1.82, 2.24) is 25.5 Å². The van der Waals surface area contributed by atoms with Gasteiger partial charge >= 0.3 is 0 Å². The first kappa shape index (κ1) is 11.5. The molecule has 1 aliphatic rings. The van der Waals surface area contributed by atoms with Crippen LogP contribution >= 0.6 is 0 Å². The lowest BCUT2D eigenvalue weighted by Crippen LogP contribution is -2.27. The Morgan fingerprint density at radius 2 is 2.31 bits per heavy atom. The van der Waals surface area contributed by atoms with Crippen LogP contribution in [0.5, 0.6) is 0 Å². The summed E-state index contributed by atoms with van der Waals surface area (Å²) in [6.45, 7) is 5.41. The average Bonchev–Trinajstić information content (AvgIpc) is 2.65. The highest BCUT2D eigenvalue weighted by molar-refractivity contribution is 4.88. The lowest BCUT2D eigenvalue weighted by molar-refractivity contribution is 0.170. The normalized spacial score (nSPS) is 24.6. The molecule has 1 atom stereocenters. The smallest absolute Gasteiger partial charge is 0.165 e. The minimum atomic E-state index is 0.422. The van der Waals surface area contributed by atoms with Crippen molar-refractivity contribution in [2.75, 3.05) is 7.05 Å². The van der Waals surface area contributed by atoms with E-state index in [9.17, 15) is 0 Å². The number of hydrogen-bond acceptors (Lipinski definition) is 4.